The number of anilines is 3. The monoisotopic (exact) mass is 635 g/mol. The van der Waals surface area contributed by atoms with Crippen molar-refractivity contribution in [1.29, 1.82) is 0 Å². The Labute approximate surface area is 281 Å². The van der Waals surface area contributed by atoms with E-state index in [1.54, 1.807) is 0 Å². The van der Waals surface area contributed by atoms with Crippen molar-refractivity contribution in [3.63, 3.8) is 0 Å². The van der Waals surface area contributed by atoms with Gasteiger partial charge in [-0.2, -0.15) is 0 Å². The van der Waals surface area contributed by atoms with E-state index in [0.29, 0.717) is 0 Å². The second-order valence-electron chi connectivity index (χ2n) is 12.6. The van der Waals surface area contributed by atoms with Gasteiger partial charge in [-0.1, -0.05) is 121 Å². The standard InChI is InChI=1S/C44H29NS2/c1-44(36-20-8-5-15-30(36)31-16-6-9-21-37(31)44)38-22-11-18-34-35-19-12-23-39(43(35)47-42(34)38)45(28-13-3-2-4-14-28)29-25-26-33-32-17-7-10-24-40(32)46-41(33)27-29/h2-27H,1H3. The number of benzene rings is 7. The molecule has 0 fully saturated rings. The first-order chi connectivity index (χ1) is 23.2. The van der Waals surface area contributed by atoms with Crippen molar-refractivity contribution in [2.75, 3.05) is 4.90 Å². The van der Waals surface area contributed by atoms with E-state index < -0.39 is 0 Å². The Bertz CT molecular complexity index is 2620. The molecule has 10 rings (SSSR count). The molecule has 0 spiro atoms. The maximum Gasteiger partial charge on any atom is 0.0640 e. The predicted molar refractivity (Wildman–Crippen MR) is 204 cm³/mol. The van der Waals surface area contributed by atoms with Crippen molar-refractivity contribution in [2.24, 2.45) is 0 Å². The predicted octanol–water partition coefficient (Wildman–Crippen LogP) is 13.2. The summed E-state index contributed by atoms with van der Waals surface area (Å²) < 4.78 is 5.30. The molecule has 0 saturated carbocycles. The molecule has 47 heavy (non-hydrogen) atoms. The molecule has 0 amide bonds. The van der Waals surface area contributed by atoms with Crippen LogP contribution in [0.15, 0.2) is 158 Å². The molecule has 9 aromatic rings. The van der Waals surface area contributed by atoms with Crippen LogP contribution in [0.2, 0.25) is 0 Å². The van der Waals surface area contributed by atoms with E-state index in [1.807, 2.05) is 22.7 Å². The summed E-state index contributed by atoms with van der Waals surface area (Å²) >= 11 is 3.81. The fraction of sp³-hybridized carbons (Fsp3) is 0.0455. The third kappa shape index (κ3) is 3.82. The molecule has 7 aromatic carbocycles. The normalized spacial score (nSPS) is 13.4. The summed E-state index contributed by atoms with van der Waals surface area (Å²) in [6, 6.07) is 58.2. The third-order valence-corrected chi connectivity index (χ3v) is 12.6. The lowest BCUT2D eigenvalue weighted by molar-refractivity contribution is 0.722. The fourth-order valence-corrected chi connectivity index (χ4v) is 10.5. The van der Waals surface area contributed by atoms with E-state index in [1.165, 1.54) is 79.5 Å². The number of hydrogen-bond donors (Lipinski definition) is 0. The van der Waals surface area contributed by atoms with Gasteiger partial charge in [0, 0.05) is 52.4 Å². The number of fused-ring (bicyclic) bond motifs is 9. The first kappa shape index (κ1) is 26.9. The summed E-state index contributed by atoms with van der Waals surface area (Å²) in [5.74, 6) is 0. The van der Waals surface area contributed by atoms with Crippen molar-refractivity contribution in [3.05, 3.63) is 174 Å². The van der Waals surface area contributed by atoms with Gasteiger partial charge >= 0.3 is 0 Å². The van der Waals surface area contributed by atoms with E-state index in [2.05, 4.69) is 170 Å². The number of para-hydroxylation sites is 1. The molecule has 1 aliphatic rings. The van der Waals surface area contributed by atoms with Gasteiger partial charge in [0.2, 0.25) is 0 Å². The highest BCUT2D eigenvalue weighted by Crippen LogP contribution is 2.55. The number of thiophene rings is 2. The molecule has 0 atom stereocenters. The minimum absolute atomic E-state index is 0.251. The zero-order valence-electron chi connectivity index (χ0n) is 25.8. The van der Waals surface area contributed by atoms with E-state index in [-0.39, 0.29) is 5.41 Å². The summed E-state index contributed by atoms with van der Waals surface area (Å²) in [5, 5.41) is 5.27. The minimum atomic E-state index is -0.251. The molecule has 0 unspecified atom stereocenters. The molecule has 0 radical (unpaired) electrons. The van der Waals surface area contributed by atoms with Gasteiger partial charge in [-0.15, -0.1) is 22.7 Å². The van der Waals surface area contributed by atoms with Crippen LogP contribution >= 0.6 is 22.7 Å². The van der Waals surface area contributed by atoms with Crippen LogP contribution in [0.25, 0.3) is 51.5 Å². The van der Waals surface area contributed by atoms with Crippen molar-refractivity contribution in [1.82, 2.24) is 0 Å². The average molecular weight is 636 g/mol. The molecule has 3 heteroatoms. The van der Waals surface area contributed by atoms with Crippen molar-refractivity contribution >= 4 is 80.1 Å². The van der Waals surface area contributed by atoms with Crippen LogP contribution in [-0.4, -0.2) is 0 Å². The van der Waals surface area contributed by atoms with Crippen molar-refractivity contribution in [3.8, 4) is 11.1 Å². The van der Waals surface area contributed by atoms with E-state index >= 15 is 0 Å². The van der Waals surface area contributed by atoms with Crippen LogP contribution in [0, 0.1) is 0 Å². The van der Waals surface area contributed by atoms with Crippen LogP contribution < -0.4 is 4.90 Å². The third-order valence-electron chi connectivity index (χ3n) is 10.1. The maximum absolute atomic E-state index is 2.45. The highest BCUT2D eigenvalue weighted by molar-refractivity contribution is 7.26. The largest absolute Gasteiger partial charge is 0.309 e. The molecule has 2 aromatic heterocycles. The quantitative estimate of drug-likeness (QED) is 0.186. The van der Waals surface area contributed by atoms with Gasteiger partial charge in [-0.25, -0.2) is 0 Å². The minimum Gasteiger partial charge on any atom is -0.309 e. The molecule has 0 N–H and O–H groups in total. The first-order valence-electron chi connectivity index (χ1n) is 16.1. The molecule has 0 aliphatic heterocycles. The molecule has 222 valence electrons. The Kier molecular flexibility index (Phi) is 5.81. The molecular weight excluding hydrogens is 607 g/mol. The van der Waals surface area contributed by atoms with Crippen LogP contribution in [0.4, 0.5) is 17.1 Å². The van der Waals surface area contributed by atoms with Crippen LogP contribution in [0.3, 0.4) is 0 Å². The molecule has 1 nitrogen and oxygen atoms in total. The Balaban J connectivity index is 1.23. The van der Waals surface area contributed by atoms with Gasteiger partial charge < -0.3 is 4.90 Å². The van der Waals surface area contributed by atoms with Gasteiger partial charge in [0.05, 0.1) is 10.4 Å². The zero-order valence-corrected chi connectivity index (χ0v) is 27.4. The van der Waals surface area contributed by atoms with E-state index in [9.17, 15) is 0 Å². The lowest BCUT2D eigenvalue weighted by atomic mass is 9.74. The first-order valence-corrected chi connectivity index (χ1v) is 17.7. The SMILES string of the molecule is CC1(c2cccc3c2sc2c(N(c4ccccc4)c4ccc5c(c4)sc4ccccc45)cccc23)c2ccccc2-c2ccccc21. The van der Waals surface area contributed by atoms with Crippen molar-refractivity contribution < 1.29 is 0 Å². The molecule has 2 heterocycles. The topological polar surface area (TPSA) is 3.24 Å². The lowest BCUT2D eigenvalue weighted by Crippen LogP contribution is -2.22. The van der Waals surface area contributed by atoms with Gasteiger partial charge in [0.25, 0.3) is 0 Å². The van der Waals surface area contributed by atoms with Gasteiger partial charge in [-0.3, -0.25) is 0 Å². The molecule has 1 aliphatic carbocycles. The van der Waals surface area contributed by atoms with Gasteiger partial charge in [-0.05, 0) is 71.1 Å². The van der Waals surface area contributed by atoms with Crippen LogP contribution in [0.5, 0.6) is 0 Å². The second-order valence-corrected chi connectivity index (χ2v) is 14.7. The summed E-state index contributed by atoms with van der Waals surface area (Å²) in [4.78, 5) is 2.45. The summed E-state index contributed by atoms with van der Waals surface area (Å²) in [5.41, 5.74) is 10.1. The number of hydrogen-bond acceptors (Lipinski definition) is 3. The van der Waals surface area contributed by atoms with E-state index in [0.717, 1.165) is 5.69 Å². The average Bonchev–Trinajstić information content (AvgIpc) is 3.78. The molecule has 0 saturated heterocycles. The fourth-order valence-electron chi connectivity index (χ4n) is 7.98. The van der Waals surface area contributed by atoms with Crippen LogP contribution in [0.1, 0.15) is 23.6 Å². The highest BCUT2D eigenvalue weighted by Gasteiger charge is 2.41. The number of rotatable bonds is 4. The Morgan fingerprint density at radius 1 is 0.426 bits per heavy atom. The Hall–Kier alpha value is -5.22. The highest BCUT2D eigenvalue weighted by atomic mass is 32.1. The van der Waals surface area contributed by atoms with Gasteiger partial charge in [0.1, 0.15) is 0 Å². The smallest absolute Gasteiger partial charge is 0.0640 e. The van der Waals surface area contributed by atoms with E-state index in [4.69, 9.17) is 0 Å². The molecule has 0 bridgehead atoms. The molecular formula is C44H29NS2. The van der Waals surface area contributed by atoms with Crippen molar-refractivity contribution in [2.45, 2.75) is 12.3 Å². The lowest BCUT2D eigenvalue weighted by Gasteiger charge is -2.29. The summed E-state index contributed by atoms with van der Waals surface area (Å²) in [7, 11) is 0. The summed E-state index contributed by atoms with van der Waals surface area (Å²) in [6.07, 6.45) is 0. The Morgan fingerprint density at radius 2 is 1.02 bits per heavy atom. The Morgan fingerprint density at radius 3 is 1.81 bits per heavy atom. The van der Waals surface area contributed by atoms with Gasteiger partial charge in [0.15, 0.2) is 0 Å². The maximum atomic E-state index is 2.45. The zero-order chi connectivity index (χ0) is 31.1. The number of nitrogens with zero attached hydrogens (tertiary/aromatic N) is 1. The van der Waals surface area contributed by atoms with Crippen LogP contribution in [-0.2, 0) is 5.41 Å². The summed E-state index contributed by atoms with van der Waals surface area (Å²) in [6.45, 7) is 2.42. The second kappa shape index (κ2) is 10.1.